The van der Waals surface area contributed by atoms with Crippen molar-refractivity contribution in [2.24, 2.45) is 0 Å². The van der Waals surface area contributed by atoms with E-state index in [1.165, 1.54) is 0 Å². The van der Waals surface area contributed by atoms with Crippen molar-refractivity contribution >= 4 is 34.7 Å². The van der Waals surface area contributed by atoms with Gasteiger partial charge in [-0.1, -0.05) is 12.1 Å². The lowest BCUT2D eigenvalue weighted by Gasteiger charge is -2.33. The van der Waals surface area contributed by atoms with Gasteiger partial charge in [0.15, 0.2) is 5.65 Å². The molecule has 2 aromatic heterocycles. The fourth-order valence-corrected chi connectivity index (χ4v) is 4.46. The molecule has 1 aliphatic heterocycles. The highest BCUT2D eigenvalue weighted by atomic mass is 16.3. The Bertz CT molecular complexity index is 1160. The third-order valence-corrected chi connectivity index (χ3v) is 6.54. The number of nitrogens with one attached hydrogen (secondary N) is 3. The van der Waals surface area contributed by atoms with Crippen LogP contribution in [0.5, 0.6) is 0 Å². The molecule has 1 fully saturated rings. The van der Waals surface area contributed by atoms with Crippen LogP contribution in [0.3, 0.4) is 0 Å². The van der Waals surface area contributed by atoms with Gasteiger partial charge in [0, 0.05) is 17.4 Å². The predicted molar refractivity (Wildman–Crippen MR) is 121 cm³/mol. The Hall–Kier alpha value is -3.13. The topological polar surface area (TPSA) is 104 Å². The Labute approximate surface area is 181 Å². The van der Waals surface area contributed by atoms with E-state index in [1.54, 1.807) is 4.52 Å². The van der Waals surface area contributed by atoms with E-state index in [0.717, 1.165) is 54.1 Å². The molecular formula is C23H28N6O2. The second-order valence-electron chi connectivity index (χ2n) is 9.50. The molecule has 0 unspecified atom stereocenters. The fourth-order valence-electron chi connectivity index (χ4n) is 4.46. The normalized spacial score (nSPS) is 24.6. The SMILES string of the molecule is CC1(C)C(=O)Nc2cc(Nc3nc4cccc(N[C@H]5CC[C@](C)(O)CC5)n4n3)ccc21. The first-order chi connectivity index (χ1) is 14.7. The molecule has 2 aliphatic rings. The first kappa shape index (κ1) is 19.8. The Morgan fingerprint density at radius 2 is 1.94 bits per heavy atom. The van der Waals surface area contributed by atoms with Crippen molar-refractivity contribution < 1.29 is 9.90 Å². The molecule has 3 aromatic rings. The molecule has 1 aliphatic carbocycles. The first-order valence-corrected chi connectivity index (χ1v) is 10.8. The lowest BCUT2D eigenvalue weighted by Crippen LogP contribution is -2.36. The number of hydrogen-bond donors (Lipinski definition) is 4. The molecule has 162 valence electrons. The van der Waals surface area contributed by atoms with Crippen LogP contribution in [0.15, 0.2) is 36.4 Å². The lowest BCUT2D eigenvalue weighted by molar-refractivity contribution is -0.119. The van der Waals surface area contributed by atoms with Crippen molar-refractivity contribution in [1.29, 1.82) is 0 Å². The highest BCUT2D eigenvalue weighted by Crippen LogP contribution is 2.39. The molecule has 31 heavy (non-hydrogen) atoms. The van der Waals surface area contributed by atoms with E-state index in [4.69, 9.17) is 0 Å². The summed E-state index contributed by atoms with van der Waals surface area (Å²) in [4.78, 5) is 16.8. The number of hydrogen-bond acceptors (Lipinski definition) is 6. The quantitative estimate of drug-likeness (QED) is 0.512. The standard InChI is InChI=1S/C23H28N6O2/c1-22(2)16-8-7-15(13-17(16)26-20(22)30)25-21-27-19-6-4-5-18(29(19)28-21)24-14-9-11-23(3,31)12-10-14/h4-8,13-14,24,31H,9-12H2,1-3H3,(H,25,28)(H,26,30)/t14-,23-. The van der Waals surface area contributed by atoms with Gasteiger partial charge in [0.25, 0.3) is 0 Å². The molecule has 0 saturated heterocycles. The number of carbonyl (C=O) groups is 1. The van der Waals surface area contributed by atoms with Crippen molar-refractivity contribution in [1.82, 2.24) is 14.6 Å². The van der Waals surface area contributed by atoms with Gasteiger partial charge in [-0.25, -0.2) is 0 Å². The average Bonchev–Trinajstić information content (AvgIpc) is 3.22. The Balaban J connectivity index is 1.36. The largest absolute Gasteiger partial charge is 0.390 e. The molecule has 0 bridgehead atoms. The molecule has 1 saturated carbocycles. The second kappa shape index (κ2) is 6.95. The number of nitrogens with zero attached hydrogens (tertiary/aromatic N) is 3. The van der Waals surface area contributed by atoms with Gasteiger partial charge in [0.05, 0.1) is 11.0 Å². The lowest BCUT2D eigenvalue weighted by atomic mass is 9.84. The average molecular weight is 421 g/mol. The summed E-state index contributed by atoms with van der Waals surface area (Å²) in [6.07, 6.45) is 3.41. The van der Waals surface area contributed by atoms with Crippen molar-refractivity contribution in [3.63, 3.8) is 0 Å². The summed E-state index contributed by atoms with van der Waals surface area (Å²) in [6, 6.07) is 12.0. The fraction of sp³-hybridized carbons (Fsp3) is 0.435. The zero-order valence-corrected chi connectivity index (χ0v) is 18.1. The second-order valence-corrected chi connectivity index (χ2v) is 9.50. The molecule has 0 spiro atoms. The van der Waals surface area contributed by atoms with E-state index in [0.29, 0.717) is 12.0 Å². The van der Waals surface area contributed by atoms with E-state index in [2.05, 4.69) is 26.0 Å². The van der Waals surface area contributed by atoms with E-state index in [1.807, 2.05) is 57.2 Å². The van der Waals surface area contributed by atoms with Gasteiger partial charge in [-0.05, 0) is 76.3 Å². The highest BCUT2D eigenvalue weighted by molar-refractivity contribution is 6.06. The molecule has 8 heteroatoms. The first-order valence-electron chi connectivity index (χ1n) is 10.8. The van der Waals surface area contributed by atoms with Gasteiger partial charge in [-0.15, -0.1) is 5.10 Å². The maximum absolute atomic E-state index is 12.2. The van der Waals surface area contributed by atoms with Gasteiger partial charge in [0.2, 0.25) is 11.9 Å². The Kier molecular flexibility index (Phi) is 4.44. The summed E-state index contributed by atoms with van der Waals surface area (Å²) in [5.41, 5.74) is 2.28. The van der Waals surface area contributed by atoms with Crippen LogP contribution in [0, 0.1) is 0 Å². The summed E-state index contributed by atoms with van der Waals surface area (Å²) >= 11 is 0. The number of rotatable bonds is 4. The third kappa shape index (κ3) is 3.61. The van der Waals surface area contributed by atoms with Crippen molar-refractivity contribution in [2.75, 3.05) is 16.0 Å². The van der Waals surface area contributed by atoms with Crippen LogP contribution in [-0.4, -0.2) is 37.3 Å². The summed E-state index contributed by atoms with van der Waals surface area (Å²) in [5, 5.41) is 24.6. The zero-order chi connectivity index (χ0) is 21.8. The van der Waals surface area contributed by atoms with Crippen LogP contribution in [0.25, 0.3) is 5.65 Å². The predicted octanol–water partition coefficient (Wildman–Crippen LogP) is 3.81. The van der Waals surface area contributed by atoms with Gasteiger partial charge >= 0.3 is 0 Å². The number of aromatic nitrogens is 3. The summed E-state index contributed by atoms with van der Waals surface area (Å²) in [5.74, 6) is 1.38. The van der Waals surface area contributed by atoms with Crippen LogP contribution in [-0.2, 0) is 10.2 Å². The molecule has 5 rings (SSSR count). The minimum atomic E-state index is -0.556. The van der Waals surface area contributed by atoms with Crippen molar-refractivity contribution in [2.45, 2.75) is 63.5 Å². The minimum absolute atomic E-state index is 0.00504. The van der Waals surface area contributed by atoms with Gasteiger partial charge in [0.1, 0.15) is 5.82 Å². The van der Waals surface area contributed by atoms with E-state index >= 15 is 0 Å². The number of pyridine rings is 1. The van der Waals surface area contributed by atoms with E-state index in [9.17, 15) is 9.90 Å². The number of fused-ring (bicyclic) bond motifs is 2. The monoisotopic (exact) mass is 420 g/mol. The van der Waals surface area contributed by atoms with Gasteiger partial charge < -0.3 is 21.1 Å². The number of aliphatic hydroxyl groups is 1. The molecule has 0 atom stereocenters. The van der Waals surface area contributed by atoms with Crippen LogP contribution >= 0.6 is 0 Å². The Morgan fingerprint density at radius 1 is 1.16 bits per heavy atom. The van der Waals surface area contributed by atoms with E-state index in [-0.39, 0.29) is 5.91 Å². The van der Waals surface area contributed by atoms with Gasteiger partial charge in [-0.2, -0.15) is 9.50 Å². The van der Waals surface area contributed by atoms with Gasteiger partial charge in [-0.3, -0.25) is 4.79 Å². The molecule has 1 amide bonds. The highest BCUT2D eigenvalue weighted by Gasteiger charge is 2.38. The molecule has 4 N–H and O–H groups in total. The third-order valence-electron chi connectivity index (χ3n) is 6.54. The minimum Gasteiger partial charge on any atom is -0.390 e. The van der Waals surface area contributed by atoms with Crippen LogP contribution in [0.4, 0.5) is 23.1 Å². The molecular weight excluding hydrogens is 392 g/mol. The molecule has 0 radical (unpaired) electrons. The van der Waals surface area contributed by atoms with Crippen LogP contribution < -0.4 is 16.0 Å². The molecule has 3 heterocycles. The van der Waals surface area contributed by atoms with Crippen molar-refractivity contribution in [3.8, 4) is 0 Å². The van der Waals surface area contributed by atoms with Crippen molar-refractivity contribution in [3.05, 3.63) is 42.0 Å². The smallest absolute Gasteiger partial charge is 0.247 e. The number of anilines is 4. The van der Waals surface area contributed by atoms with Crippen LogP contribution in [0.1, 0.15) is 52.0 Å². The summed E-state index contributed by atoms with van der Waals surface area (Å²) in [6.45, 7) is 5.75. The number of carbonyl (C=O) groups excluding carboxylic acids is 1. The molecule has 1 aromatic carbocycles. The molecule has 8 nitrogen and oxygen atoms in total. The zero-order valence-electron chi connectivity index (χ0n) is 18.1. The number of benzene rings is 1. The number of amides is 1. The maximum atomic E-state index is 12.2. The summed E-state index contributed by atoms with van der Waals surface area (Å²) < 4.78 is 1.80. The van der Waals surface area contributed by atoms with Crippen LogP contribution in [0.2, 0.25) is 0 Å². The Morgan fingerprint density at radius 3 is 2.71 bits per heavy atom. The summed E-state index contributed by atoms with van der Waals surface area (Å²) in [7, 11) is 0. The van der Waals surface area contributed by atoms with E-state index < -0.39 is 11.0 Å². The maximum Gasteiger partial charge on any atom is 0.247 e.